The molecule has 1 saturated heterocycles. The third-order valence-electron chi connectivity index (χ3n) is 9.02. The van der Waals surface area contributed by atoms with Gasteiger partial charge in [0.2, 0.25) is 5.89 Å². The second-order valence-electron chi connectivity index (χ2n) is 14.9. The van der Waals surface area contributed by atoms with Gasteiger partial charge >= 0.3 is 17.8 Å². The average Bonchev–Trinajstić information content (AvgIpc) is 3.50. The highest BCUT2D eigenvalue weighted by atomic mass is 19.1. The minimum Gasteiger partial charge on any atom is -0.493 e. The normalized spacial score (nSPS) is 15.0. The molecular weight excluding hydrogens is 653 g/mol. The van der Waals surface area contributed by atoms with Gasteiger partial charge in [-0.2, -0.15) is 0 Å². The van der Waals surface area contributed by atoms with E-state index in [1.807, 2.05) is 45.0 Å². The molecule has 3 heterocycles. The van der Waals surface area contributed by atoms with E-state index in [1.54, 1.807) is 33.0 Å². The quantitative estimate of drug-likeness (QED) is 0.160. The monoisotopic (exact) mass is 701 g/mol. The summed E-state index contributed by atoms with van der Waals surface area (Å²) in [5.74, 6) is -1.07. The summed E-state index contributed by atoms with van der Waals surface area (Å²) in [7, 11) is 1.64. The van der Waals surface area contributed by atoms with E-state index in [2.05, 4.69) is 28.9 Å². The number of aromatic nitrogens is 3. The molecule has 0 aliphatic carbocycles. The van der Waals surface area contributed by atoms with Gasteiger partial charge in [0.1, 0.15) is 11.6 Å². The van der Waals surface area contributed by atoms with E-state index in [4.69, 9.17) is 18.9 Å². The van der Waals surface area contributed by atoms with Gasteiger partial charge in [0.15, 0.2) is 6.10 Å². The minimum absolute atomic E-state index is 0.0802. The number of carboxylic acid groups (broad SMARTS) is 1. The summed E-state index contributed by atoms with van der Waals surface area (Å²) in [6, 6.07) is 13.9. The first kappa shape index (κ1) is 37.4. The van der Waals surface area contributed by atoms with Crippen LogP contribution in [-0.4, -0.2) is 69.4 Å². The Bertz CT molecular complexity index is 1840. The van der Waals surface area contributed by atoms with Crippen LogP contribution in [-0.2, 0) is 22.5 Å². The predicted octanol–water partition coefficient (Wildman–Crippen LogP) is 7.35. The van der Waals surface area contributed by atoms with Crippen LogP contribution in [0.4, 0.5) is 10.1 Å². The summed E-state index contributed by atoms with van der Waals surface area (Å²) >= 11 is 0. The molecule has 1 aliphatic heterocycles. The summed E-state index contributed by atoms with van der Waals surface area (Å²) in [5, 5.41) is 18.3. The smallest absolute Gasteiger partial charge is 0.337 e. The van der Waals surface area contributed by atoms with Gasteiger partial charge in [0, 0.05) is 50.3 Å². The lowest BCUT2D eigenvalue weighted by molar-refractivity contribution is -0.160. The number of amides is 1. The number of pyridine rings is 1. The summed E-state index contributed by atoms with van der Waals surface area (Å²) < 4.78 is 31.1. The maximum atomic E-state index is 13.4. The van der Waals surface area contributed by atoms with Gasteiger partial charge in [0.05, 0.1) is 30.1 Å². The lowest BCUT2D eigenvalue weighted by Crippen LogP contribution is -2.39. The molecule has 0 saturated carbocycles. The minimum atomic E-state index is -1.30. The van der Waals surface area contributed by atoms with Crippen LogP contribution in [0.2, 0.25) is 0 Å². The Hall–Kier alpha value is -4.84. The Kier molecular flexibility index (Phi) is 11.1. The number of halogens is 1. The molecule has 272 valence electrons. The molecule has 1 aliphatic rings. The first-order chi connectivity index (χ1) is 24.0. The molecule has 1 fully saturated rings. The SMILES string of the molecule is Cc1nnc(C(=O)N(C)Cc2nc(C)c([C@H](OC(C)(C)C)C(=O)O)c(N3CCC(C)(C)CC3)c2-c2ccc(OCCc3ccc(F)cc3)cc2)o1. The Labute approximate surface area is 298 Å². The number of hydrogen-bond donors (Lipinski definition) is 1. The van der Waals surface area contributed by atoms with Crippen molar-refractivity contribution >= 4 is 17.6 Å². The molecular formula is C39H48FN5O6. The number of piperidine rings is 1. The molecule has 1 N–H and O–H groups in total. The summed E-state index contributed by atoms with van der Waals surface area (Å²) in [5.41, 5.74) is 4.09. The van der Waals surface area contributed by atoms with Crippen LogP contribution in [0.1, 0.15) is 92.7 Å². The van der Waals surface area contributed by atoms with Crippen LogP contribution in [0.25, 0.3) is 11.1 Å². The largest absolute Gasteiger partial charge is 0.493 e. The Morgan fingerprint density at radius 1 is 1.04 bits per heavy atom. The van der Waals surface area contributed by atoms with Crippen molar-refractivity contribution in [3.05, 3.63) is 88.6 Å². The van der Waals surface area contributed by atoms with Gasteiger partial charge in [-0.25, -0.2) is 9.18 Å². The standard InChI is InChI=1S/C39H48FN5O6/c1-24-31(34(37(47)48)51-38(3,4)5)33(45-20-18-39(6,7)19-21-45)32(30(41-24)23-44(8)36(46)35-43-42-25(2)50-35)27-11-15-29(16-12-27)49-22-17-26-9-13-28(40)14-10-26/h9-16,34H,17-23H2,1-8H3,(H,47,48)/t34-/m0/s1. The molecule has 2 aromatic carbocycles. The van der Waals surface area contributed by atoms with E-state index < -0.39 is 23.6 Å². The third kappa shape index (κ3) is 9.29. The molecule has 0 bridgehead atoms. The number of anilines is 1. The zero-order chi connectivity index (χ0) is 37.1. The van der Waals surface area contributed by atoms with Crippen molar-refractivity contribution < 1.29 is 33.0 Å². The van der Waals surface area contributed by atoms with Crippen molar-refractivity contribution in [1.82, 2.24) is 20.1 Å². The number of carboxylic acids is 1. The molecule has 5 rings (SSSR count). The third-order valence-corrected chi connectivity index (χ3v) is 9.02. The Morgan fingerprint density at radius 2 is 1.69 bits per heavy atom. The lowest BCUT2D eigenvalue weighted by atomic mass is 9.81. The molecule has 4 aromatic rings. The van der Waals surface area contributed by atoms with E-state index in [9.17, 15) is 19.1 Å². The van der Waals surface area contributed by atoms with Crippen LogP contribution >= 0.6 is 0 Å². The molecule has 0 radical (unpaired) electrons. The van der Waals surface area contributed by atoms with Crippen LogP contribution in [0, 0.1) is 25.1 Å². The number of benzene rings is 2. The van der Waals surface area contributed by atoms with Crippen molar-refractivity contribution in [2.24, 2.45) is 5.41 Å². The first-order valence-corrected chi connectivity index (χ1v) is 17.2. The van der Waals surface area contributed by atoms with Gasteiger partial charge in [-0.1, -0.05) is 38.1 Å². The fourth-order valence-electron chi connectivity index (χ4n) is 6.24. The van der Waals surface area contributed by atoms with Gasteiger partial charge < -0.3 is 28.8 Å². The van der Waals surface area contributed by atoms with Gasteiger partial charge in [-0.05, 0) is 81.3 Å². The number of carbonyl (C=O) groups excluding carboxylic acids is 1. The maximum Gasteiger partial charge on any atom is 0.337 e. The van der Waals surface area contributed by atoms with Crippen LogP contribution in [0.5, 0.6) is 5.75 Å². The molecule has 2 aromatic heterocycles. The van der Waals surface area contributed by atoms with Gasteiger partial charge in [0.25, 0.3) is 0 Å². The summed E-state index contributed by atoms with van der Waals surface area (Å²) in [4.78, 5) is 35.1. The second kappa shape index (κ2) is 15.2. The van der Waals surface area contributed by atoms with E-state index >= 15 is 0 Å². The summed E-state index contributed by atoms with van der Waals surface area (Å²) in [6.07, 6.45) is 1.11. The van der Waals surface area contributed by atoms with E-state index in [-0.39, 0.29) is 29.6 Å². The van der Waals surface area contributed by atoms with Crippen LogP contribution in [0.3, 0.4) is 0 Å². The lowest BCUT2D eigenvalue weighted by Gasteiger charge is -2.41. The molecule has 12 heteroatoms. The van der Waals surface area contributed by atoms with Gasteiger partial charge in [-0.15, -0.1) is 10.2 Å². The van der Waals surface area contributed by atoms with Crippen molar-refractivity contribution in [1.29, 1.82) is 0 Å². The topological polar surface area (TPSA) is 131 Å². The average molecular weight is 702 g/mol. The number of aryl methyl sites for hydroxylation is 2. The number of hydrogen-bond acceptors (Lipinski definition) is 9. The molecule has 1 atom stereocenters. The Balaban J connectivity index is 1.62. The fraction of sp³-hybridized carbons (Fsp3) is 0.462. The van der Waals surface area contributed by atoms with Crippen molar-refractivity contribution in [2.45, 2.75) is 86.0 Å². The zero-order valence-electron chi connectivity index (χ0n) is 30.7. The van der Waals surface area contributed by atoms with Crippen molar-refractivity contribution in [3.63, 3.8) is 0 Å². The molecule has 0 unspecified atom stereocenters. The number of nitrogens with zero attached hydrogens (tertiary/aromatic N) is 5. The fourth-order valence-corrected chi connectivity index (χ4v) is 6.24. The number of carbonyl (C=O) groups is 2. The predicted molar refractivity (Wildman–Crippen MR) is 191 cm³/mol. The van der Waals surface area contributed by atoms with Gasteiger partial charge in [-0.3, -0.25) is 9.78 Å². The molecule has 1 amide bonds. The Morgan fingerprint density at radius 3 is 2.25 bits per heavy atom. The van der Waals surface area contributed by atoms with E-state index in [0.29, 0.717) is 54.4 Å². The maximum absolute atomic E-state index is 13.4. The second-order valence-corrected chi connectivity index (χ2v) is 14.9. The zero-order valence-corrected chi connectivity index (χ0v) is 30.7. The van der Waals surface area contributed by atoms with Crippen molar-refractivity contribution in [2.75, 3.05) is 31.6 Å². The van der Waals surface area contributed by atoms with E-state index in [1.165, 1.54) is 17.0 Å². The van der Waals surface area contributed by atoms with Crippen molar-refractivity contribution in [3.8, 4) is 16.9 Å². The number of rotatable bonds is 12. The number of aliphatic carboxylic acids is 1. The van der Waals surface area contributed by atoms with E-state index in [0.717, 1.165) is 29.7 Å². The first-order valence-electron chi connectivity index (χ1n) is 17.2. The van der Waals surface area contributed by atoms with Crippen LogP contribution < -0.4 is 9.64 Å². The number of ether oxygens (including phenoxy) is 2. The highest BCUT2D eigenvalue weighted by Gasteiger charge is 2.37. The molecule has 11 nitrogen and oxygen atoms in total. The highest BCUT2D eigenvalue weighted by molar-refractivity contribution is 5.91. The molecule has 0 spiro atoms. The van der Waals surface area contributed by atoms with Crippen LogP contribution in [0.15, 0.2) is 52.9 Å². The summed E-state index contributed by atoms with van der Waals surface area (Å²) in [6.45, 7) is 15.3. The highest BCUT2D eigenvalue weighted by Crippen LogP contribution is 2.45. The molecule has 51 heavy (non-hydrogen) atoms.